The molecule has 0 radical (unpaired) electrons. The average molecular weight is 436 g/mol. The number of cyclic esters (lactones) is 1. The Morgan fingerprint density at radius 1 is 1.00 bits per heavy atom. The first-order chi connectivity index (χ1) is 15.3. The zero-order chi connectivity index (χ0) is 22.8. The highest BCUT2D eigenvalue weighted by atomic mass is 16.6. The van der Waals surface area contributed by atoms with E-state index >= 15 is 0 Å². The lowest BCUT2D eigenvalue weighted by molar-refractivity contribution is 0.0623. The topological polar surface area (TPSA) is 79.0 Å². The molecule has 0 spiro atoms. The summed E-state index contributed by atoms with van der Waals surface area (Å²) in [5.41, 5.74) is 3.24. The van der Waals surface area contributed by atoms with Crippen LogP contribution in [0.4, 0.5) is 16.2 Å². The standard InChI is InChI=1S/C25H29N3O4/c1-16-12-17(2)15-27(14-16)24(30)20-5-4-18(3)22(13-20)26-23(29)19-6-8-21(9-7-19)28-10-11-32-25(28)31/h4-9,13,16-17H,10-12,14-15H2,1-3H3,(H,26,29). The van der Waals surface area contributed by atoms with Crippen molar-refractivity contribution in [2.45, 2.75) is 27.2 Å². The predicted octanol–water partition coefficient (Wildman–Crippen LogP) is 4.32. The average Bonchev–Trinajstić information content (AvgIpc) is 3.20. The van der Waals surface area contributed by atoms with Crippen LogP contribution in [0.1, 0.15) is 46.5 Å². The Balaban J connectivity index is 1.47. The van der Waals surface area contributed by atoms with Crippen LogP contribution in [0.3, 0.4) is 0 Å². The van der Waals surface area contributed by atoms with Crippen LogP contribution in [-0.2, 0) is 4.74 Å². The Labute approximate surface area is 188 Å². The van der Waals surface area contributed by atoms with Crippen molar-refractivity contribution < 1.29 is 19.1 Å². The number of anilines is 2. The van der Waals surface area contributed by atoms with Crippen molar-refractivity contribution in [1.29, 1.82) is 0 Å². The highest BCUT2D eigenvalue weighted by molar-refractivity contribution is 6.06. The largest absolute Gasteiger partial charge is 0.447 e. The van der Waals surface area contributed by atoms with Gasteiger partial charge in [0.1, 0.15) is 6.61 Å². The number of aryl methyl sites for hydroxylation is 1. The minimum atomic E-state index is -0.378. The van der Waals surface area contributed by atoms with Gasteiger partial charge in [-0.15, -0.1) is 0 Å². The molecule has 2 atom stereocenters. The lowest BCUT2D eigenvalue weighted by atomic mass is 9.91. The van der Waals surface area contributed by atoms with Crippen LogP contribution in [0.2, 0.25) is 0 Å². The van der Waals surface area contributed by atoms with Gasteiger partial charge in [-0.2, -0.15) is 0 Å². The normalized spacial score (nSPS) is 20.8. The maximum Gasteiger partial charge on any atom is 0.414 e. The second kappa shape index (κ2) is 9.02. The van der Waals surface area contributed by atoms with Crippen LogP contribution < -0.4 is 10.2 Å². The molecular weight excluding hydrogens is 406 g/mol. The van der Waals surface area contributed by atoms with Crippen LogP contribution in [0.25, 0.3) is 0 Å². The van der Waals surface area contributed by atoms with E-state index in [1.807, 2.05) is 24.0 Å². The lowest BCUT2D eigenvalue weighted by Crippen LogP contribution is -2.42. The molecule has 2 unspecified atom stereocenters. The van der Waals surface area contributed by atoms with E-state index < -0.39 is 0 Å². The molecule has 2 saturated heterocycles. The molecule has 168 valence electrons. The van der Waals surface area contributed by atoms with Gasteiger partial charge in [-0.25, -0.2) is 4.79 Å². The zero-order valence-corrected chi connectivity index (χ0v) is 18.8. The summed E-state index contributed by atoms with van der Waals surface area (Å²) in [5.74, 6) is 0.699. The van der Waals surface area contributed by atoms with Gasteiger partial charge < -0.3 is 15.0 Å². The van der Waals surface area contributed by atoms with Gasteiger partial charge in [-0.1, -0.05) is 19.9 Å². The van der Waals surface area contributed by atoms with Crippen molar-refractivity contribution in [3.05, 3.63) is 59.2 Å². The number of piperidine rings is 1. The number of hydrogen-bond donors (Lipinski definition) is 1. The van der Waals surface area contributed by atoms with E-state index in [2.05, 4.69) is 19.2 Å². The van der Waals surface area contributed by atoms with Gasteiger partial charge in [0.2, 0.25) is 0 Å². The SMILES string of the molecule is Cc1ccc(C(=O)N2CC(C)CC(C)C2)cc1NC(=O)c1ccc(N2CCOC2=O)cc1. The molecule has 2 heterocycles. The molecule has 2 fully saturated rings. The Bertz CT molecular complexity index is 1020. The van der Waals surface area contributed by atoms with Gasteiger partial charge in [0.15, 0.2) is 0 Å². The third-order valence-electron chi connectivity index (χ3n) is 6.09. The van der Waals surface area contributed by atoms with Gasteiger partial charge in [-0.3, -0.25) is 14.5 Å². The van der Waals surface area contributed by atoms with E-state index in [9.17, 15) is 14.4 Å². The molecule has 4 rings (SSSR count). The Hall–Kier alpha value is -3.35. The Morgan fingerprint density at radius 3 is 2.28 bits per heavy atom. The molecule has 0 aromatic heterocycles. The number of carbonyl (C=O) groups is 3. The smallest absolute Gasteiger partial charge is 0.414 e. The second-order valence-corrected chi connectivity index (χ2v) is 8.95. The summed E-state index contributed by atoms with van der Waals surface area (Å²) in [4.78, 5) is 41.0. The summed E-state index contributed by atoms with van der Waals surface area (Å²) < 4.78 is 4.95. The summed E-state index contributed by atoms with van der Waals surface area (Å²) in [6.07, 6.45) is 0.758. The summed E-state index contributed by atoms with van der Waals surface area (Å²) in [7, 11) is 0. The van der Waals surface area contributed by atoms with E-state index in [1.54, 1.807) is 30.3 Å². The minimum Gasteiger partial charge on any atom is -0.447 e. The van der Waals surface area contributed by atoms with Gasteiger partial charge in [-0.05, 0) is 67.1 Å². The van der Waals surface area contributed by atoms with Crippen LogP contribution in [0.5, 0.6) is 0 Å². The molecule has 2 aromatic rings. The highest BCUT2D eigenvalue weighted by Crippen LogP contribution is 2.25. The van der Waals surface area contributed by atoms with Gasteiger partial charge >= 0.3 is 6.09 Å². The molecule has 3 amide bonds. The summed E-state index contributed by atoms with van der Waals surface area (Å²) in [5, 5.41) is 2.93. The van der Waals surface area contributed by atoms with E-state index in [0.717, 1.165) is 25.1 Å². The number of amides is 3. The van der Waals surface area contributed by atoms with Crippen LogP contribution in [0.15, 0.2) is 42.5 Å². The van der Waals surface area contributed by atoms with Crippen molar-refractivity contribution in [1.82, 2.24) is 4.90 Å². The fraction of sp³-hybridized carbons (Fsp3) is 0.400. The number of hydrogen-bond acceptors (Lipinski definition) is 4. The number of nitrogens with zero attached hydrogens (tertiary/aromatic N) is 2. The van der Waals surface area contributed by atoms with Crippen molar-refractivity contribution in [3.63, 3.8) is 0 Å². The van der Waals surface area contributed by atoms with Crippen LogP contribution in [0, 0.1) is 18.8 Å². The second-order valence-electron chi connectivity index (χ2n) is 8.95. The predicted molar refractivity (Wildman–Crippen MR) is 123 cm³/mol. The van der Waals surface area contributed by atoms with Crippen LogP contribution >= 0.6 is 0 Å². The Morgan fingerprint density at radius 2 is 1.66 bits per heavy atom. The molecule has 7 nitrogen and oxygen atoms in total. The molecule has 2 aromatic carbocycles. The fourth-order valence-electron chi connectivity index (χ4n) is 4.52. The number of carbonyl (C=O) groups excluding carboxylic acids is 3. The van der Waals surface area contributed by atoms with Gasteiger partial charge in [0.25, 0.3) is 11.8 Å². The van der Waals surface area contributed by atoms with Crippen molar-refractivity contribution in [2.75, 3.05) is 36.5 Å². The van der Waals surface area contributed by atoms with Crippen molar-refractivity contribution >= 4 is 29.3 Å². The number of benzene rings is 2. The third kappa shape index (κ3) is 4.61. The van der Waals surface area contributed by atoms with Gasteiger partial charge in [0, 0.05) is 35.6 Å². The molecule has 32 heavy (non-hydrogen) atoms. The molecule has 0 bridgehead atoms. The van der Waals surface area contributed by atoms with E-state index in [4.69, 9.17) is 4.74 Å². The molecule has 2 aliphatic heterocycles. The number of nitrogens with one attached hydrogen (secondary N) is 1. The quantitative estimate of drug-likeness (QED) is 0.776. The maximum atomic E-state index is 13.1. The first-order valence-corrected chi connectivity index (χ1v) is 11.1. The zero-order valence-electron chi connectivity index (χ0n) is 18.8. The number of ether oxygens (including phenoxy) is 1. The monoisotopic (exact) mass is 435 g/mol. The summed E-state index contributed by atoms with van der Waals surface area (Å²) in [6.45, 7) is 8.63. The molecule has 7 heteroatoms. The van der Waals surface area contributed by atoms with E-state index in [0.29, 0.717) is 47.5 Å². The first kappa shape index (κ1) is 21.9. The van der Waals surface area contributed by atoms with Crippen molar-refractivity contribution in [3.8, 4) is 0 Å². The molecule has 2 aliphatic rings. The Kier molecular flexibility index (Phi) is 6.17. The molecule has 0 aliphatic carbocycles. The molecule has 0 saturated carbocycles. The number of rotatable bonds is 4. The van der Waals surface area contributed by atoms with Crippen molar-refractivity contribution in [2.24, 2.45) is 11.8 Å². The first-order valence-electron chi connectivity index (χ1n) is 11.1. The van der Waals surface area contributed by atoms with E-state index in [1.165, 1.54) is 4.90 Å². The summed E-state index contributed by atoms with van der Waals surface area (Å²) >= 11 is 0. The fourth-order valence-corrected chi connectivity index (χ4v) is 4.52. The van der Waals surface area contributed by atoms with E-state index in [-0.39, 0.29) is 17.9 Å². The third-order valence-corrected chi connectivity index (χ3v) is 6.09. The minimum absolute atomic E-state index is 0.000696. The highest BCUT2D eigenvalue weighted by Gasteiger charge is 2.27. The summed E-state index contributed by atoms with van der Waals surface area (Å²) in [6, 6.07) is 12.3. The van der Waals surface area contributed by atoms with Crippen LogP contribution in [-0.4, -0.2) is 49.0 Å². The maximum absolute atomic E-state index is 13.1. The molecular formula is C25H29N3O4. The van der Waals surface area contributed by atoms with Gasteiger partial charge in [0.05, 0.1) is 6.54 Å². The molecule has 1 N–H and O–H groups in total. The lowest BCUT2D eigenvalue weighted by Gasteiger charge is -2.35. The number of likely N-dealkylation sites (tertiary alicyclic amines) is 1.